The molecule has 0 aliphatic heterocycles. The zero-order valence-electron chi connectivity index (χ0n) is 16.1. The molecule has 0 saturated heterocycles. The minimum atomic E-state index is -0.464. The van der Waals surface area contributed by atoms with Crippen LogP contribution in [-0.2, 0) is 4.79 Å². The first kappa shape index (κ1) is 20.0. The van der Waals surface area contributed by atoms with Gasteiger partial charge in [-0.25, -0.2) is 0 Å². The van der Waals surface area contributed by atoms with Crippen LogP contribution in [0.3, 0.4) is 0 Å². The molecule has 2 aromatic carbocycles. The summed E-state index contributed by atoms with van der Waals surface area (Å²) >= 11 is 0. The van der Waals surface area contributed by atoms with Crippen molar-refractivity contribution in [2.75, 3.05) is 26.2 Å². The molecule has 0 aliphatic carbocycles. The van der Waals surface area contributed by atoms with Gasteiger partial charge in [0, 0.05) is 13.1 Å². The van der Waals surface area contributed by atoms with Crippen molar-refractivity contribution in [2.24, 2.45) is 0 Å². The Balaban J connectivity index is 1.89. The van der Waals surface area contributed by atoms with E-state index in [4.69, 9.17) is 4.74 Å². The van der Waals surface area contributed by atoms with E-state index >= 15 is 0 Å². The van der Waals surface area contributed by atoms with Crippen LogP contribution in [0.5, 0.6) is 5.75 Å². The summed E-state index contributed by atoms with van der Waals surface area (Å²) in [5, 5.41) is 2.98. The summed E-state index contributed by atoms with van der Waals surface area (Å²) in [7, 11) is 0. The largest absolute Gasteiger partial charge is 0.481 e. The number of carbonyl (C=O) groups is 1. The zero-order valence-corrected chi connectivity index (χ0v) is 16.1. The maximum atomic E-state index is 12.4. The first-order chi connectivity index (χ1) is 12.7. The molecule has 0 spiro atoms. The summed E-state index contributed by atoms with van der Waals surface area (Å²) in [6, 6.07) is 18.1. The smallest absolute Gasteiger partial charge is 0.261 e. The van der Waals surface area contributed by atoms with Crippen LogP contribution in [-0.4, -0.2) is 43.1 Å². The molecule has 26 heavy (non-hydrogen) atoms. The molecule has 0 aromatic heterocycles. The number of hydrogen-bond acceptors (Lipinski definition) is 3. The van der Waals surface area contributed by atoms with Gasteiger partial charge in [-0.15, -0.1) is 0 Å². The summed E-state index contributed by atoms with van der Waals surface area (Å²) in [6.07, 6.45) is 0.173. The van der Waals surface area contributed by atoms with E-state index in [1.165, 1.54) is 5.56 Å². The fraction of sp³-hybridized carbons (Fsp3) is 0.409. The van der Waals surface area contributed by atoms with Crippen LogP contribution < -0.4 is 10.1 Å². The van der Waals surface area contributed by atoms with Gasteiger partial charge < -0.3 is 15.0 Å². The Labute approximate surface area is 157 Å². The fourth-order valence-corrected chi connectivity index (χ4v) is 2.83. The lowest BCUT2D eigenvalue weighted by Gasteiger charge is -2.20. The third-order valence-corrected chi connectivity index (χ3v) is 4.52. The number of likely N-dealkylation sites (N-methyl/N-ethyl adjacent to an activating group) is 1. The predicted octanol–water partition coefficient (Wildman–Crippen LogP) is 3.97. The van der Waals surface area contributed by atoms with Crippen LogP contribution in [0, 0.1) is 0 Å². The molecule has 0 saturated carbocycles. The number of hydrogen-bond donors (Lipinski definition) is 1. The second-order valence-corrected chi connectivity index (χ2v) is 6.22. The van der Waals surface area contributed by atoms with Crippen molar-refractivity contribution < 1.29 is 9.53 Å². The zero-order chi connectivity index (χ0) is 18.8. The summed E-state index contributed by atoms with van der Waals surface area (Å²) in [6.45, 7) is 9.72. The van der Waals surface area contributed by atoms with Gasteiger partial charge in [-0.3, -0.25) is 4.79 Å². The second-order valence-electron chi connectivity index (χ2n) is 6.22. The topological polar surface area (TPSA) is 41.6 Å². The van der Waals surface area contributed by atoms with E-state index in [1.807, 2.05) is 49.4 Å². The van der Waals surface area contributed by atoms with E-state index in [0.717, 1.165) is 30.9 Å². The molecule has 1 atom stereocenters. The third-order valence-electron chi connectivity index (χ3n) is 4.52. The normalized spacial score (nSPS) is 12.0. The molecule has 1 unspecified atom stereocenters. The predicted molar refractivity (Wildman–Crippen MR) is 107 cm³/mol. The highest BCUT2D eigenvalue weighted by Crippen LogP contribution is 2.23. The monoisotopic (exact) mass is 354 g/mol. The van der Waals surface area contributed by atoms with Crippen molar-refractivity contribution in [3.05, 3.63) is 54.6 Å². The van der Waals surface area contributed by atoms with Gasteiger partial charge in [0.1, 0.15) is 5.75 Å². The van der Waals surface area contributed by atoms with Gasteiger partial charge in [0.05, 0.1) is 0 Å². The summed E-state index contributed by atoms with van der Waals surface area (Å²) in [5.41, 5.74) is 2.30. The molecule has 4 heteroatoms. The Kier molecular flexibility index (Phi) is 8.16. The van der Waals surface area contributed by atoms with Crippen molar-refractivity contribution in [1.82, 2.24) is 10.2 Å². The first-order valence-electron chi connectivity index (χ1n) is 9.50. The van der Waals surface area contributed by atoms with Crippen molar-refractivity contribution in [3.63, 3.8) is 0 Å². The van der Waals surface area contributed by atoms with Crippen molar-refractivity contribution >= 4 is 5.91 Å². The Hall–Kier alpha value is -2.33. The molecule has 1 amide bonds. The SMILES string of the molecule is CCC(Oc1ccc(-c2ccccc2)cc1)C(=O)NCCN(CC)CC. The van der Waals surface area contributed by atoms with Crippen molar-refractivity contribution in [2.45, 2.75) is 33.3 Å². The number of rotatable bonds is 10. The van der Waals surface area contributed by atoms with E-state index in [1.54, 1.807) is 0 Å². The van der Waals surface area contributed by atoms with Gasteiger partial charge in [0.2, 0.25) is 0 Å². The Morgan fingerprint density at radius 1 is 0.962 bits per heavy atom. The number of nitrogens with zero attached hydrogens (tertiary/aromatic N) is 1. The van der Waals surface area contributed by atoms with Crippen LogP contribution in [0.1, 0.15) is 27.2 Å². The molecular weight excluding hydrogens is 324 g/mol. The highest BCUT2D eigenvalue weighted by atomic mass is 16.5. The second kappa shape index (κ2) is 10.6. The molecule has 1 N–H and O–H groups in total. The Morgan fingerprint density at radius 2 is 1.58 bits per heavy atom. The molecule has 140 valence electrons. The minimum absolute atomic E-state index is 0.0493. The summed E-state index contributed by atoms with van der Waals surface area (Å²) in [5.74, 6) is 0.669. The number of amides is 1. The number of carbonyl (C=O) groups excluding carboxylic acids is 1. The molecule has 0 heterocycles. The Bertz CT molecular complexity index is 652. The maximum absolute atomic E-state index is 12.4. The van der Waals surface area contributed by atoms with Gasteiger partial charge in [-0.1, -0.05) is 63.2 Å². The lowest BCUT2D eigenvalue weighted by molar-refractivity contribution is -0.128. The van der Waals surface area contributed by atoms with Gasteiger partial charge in [0.25, 0.3) is 5.91 Å². The fourth-order valence-electron chi connectivity index (χ4n) is 2.83. The molecular formula is C22H30N2O2. The van der Waals surface area contributed by atoms with Crippen molar-refractivity contribution in [1.29, 1.82) is 0 Å². The Morgan fingerprint density at radius 3 is 2.15 bits per heavy atom. The molecule has 2 aromatic rings. The minimum Gasteiger partial charge on any atom is -0.481 e. The van der Waals surface area contributed by atoms with Crippen molar-refractivity contribution in [3.8, 4) is 16.9 Å². The molecule has 0 radical (unpaired) electrons. The summed E-state index contributed by atoms with van der Waals surface area (Å²) < 4.78 is 5.90. The van der Waals surface area contributed by atoms with E-state index in [2.05, 4.69) is 36.2 Å². The lowest BCUT2D eigenvalue weighted by atomic mass is 10.1. The quantitative estimate of drug-likeness (QED) is 0.702. The van der Waals surface area contributed by atoms with Gasteiger partial charge in [0.15, 0.2) is 6.10 Å². The number of nitrogens with one attached hydrogen (secondary N) is 1. The van der Waals surface area contributed by atoms with Crippen LogP contribution >= 0.6 is 0 Å². The van der Waals surface area contributed by atoms with Gasteiger partial charge in [-0.2, -0.15) is 0 Å². The standard InChI is InChI=1S/C22H30N2O2/c1-4-21(22(25)23-16-17-24(5-2)6-3)26-20-14-12-19(13-15-20)18-10-8-7-9-11-18/h7-15,21H,4-6,16-17H2,1-3H3,(H,23,25). The summed E-state index contributed by atoms with van der Waals surface area (Å²) in [4.78, 5) is 14.7. The lowest BCUT2D eigenvalue weighted by Crippen LogP contribution is -2.41. The third kappa shape index (κ3) is 5.88. The van der Waals surface area contributed by atoms with Crippen LogP contribution in [0.25, 0.3) is 11.1 Å². The van der Waals surface area contributed by atoms with E-state index < -0.39 is 6.10 Å². The van der Waals surface area contributed by atoms with Crippen LogP contribution in [0.4, 0.5) is 0 Å². The highest BCUT2D eigenvalue weighted by Gasteiger charge is 2.18. The number of ether oxygens (including phenoxy) is 1. The van der Waals surface area contributed by atoms with E-state index in [9.17, 15) is 4.79 Å². The van der Waals surface area contributed by atoms with Gasteiger partial charge >= 0.3 is 0 Å². The molecule has 0 aliphatic rings. The maximum Gasteiger partial charge on any atom is 0.261 e. The van der Waals surface area contributed by atoms with E-state index in [-0.39, 0.29) is 5.91 Å². The first-order valence-corrected chi connectivity index (χ1v) is 9.50. The average molecular weight is 354 g/mol. The van der Waals surface area contributed by atoms with E-state index in [0.29, 0.717) is 13.0 Å². The molecule has 0 bridgehead atoms. The highest BCUT2D eigenvalue weighted by molar-refractivity contribution is 5.81. The average Bonchev–Trinajstić information content (AvgIpc) is 2.70. The van der Waals surface area contributed by atoms with Crippen LogP contribution in [0.15, 0.2) is 54.6 Å². The molecule has 2 rings (SSSR count). The molecule has 4 nitrogen and oxygen atoms in total. The number of benzene rings is 2. The van der Waals surface area contributed by atoms with Crippen LogP contribution in [0.2, 0.25) is 0 Å². The molecule has 0 fully saturated rings. The van der Waals surface area contributed by atoms with Gasteiger partial charge in [-0.05, 0) is 42.8 Å².